The Hall–Kier alpha value is -2.21. The normalized spacial score (nSPS) is 23.3. The molecule has 26 heavy (non-hydrogen) atoms. The Kier molecular flexibility index (Phi) is 4.31. The average molecular weight is 354 g/mol. The van der Waals surface area contributed by atoms with Gasteiger partial charge in [-0.05, 0) is 52.2 Å². The quantitative estimate of drug-likeness (QED) is 0.862. The number of aryl methyl sites for hydroxylation is 1. The third-order valence-corrected chi connectivity index (χ3v) is 6.19. The van der Waals surface area contributed by atoms with Crippen LogP contribution in [0.5, 0.6) is 0 Å². The van der Waals surface area contributed by atoms with Crippen molar-refractivity contribution in [3.8, 4) is 11.4 Å². The van der Waals surface area contributed by atoms with Gasteiger partial charge in [-0.15, -0.1) is 0 Å². The van der Waals surface area contributed by atoms with Crippen molar-refractivity contribution in [1.82, 2.24) is 15.0 Å². The number of nitrogens with one attached hydrogen (secondary N) is 2. The summed E-state index contributed by atoms with van der Waals surface area (Å²) in [5.41, 5.74) is 2.42. The van der Waals surface area contributed by atoms with Crippen molar-refractivity contribution in [2.24, 2.45) is 5.41 Å². The SMILES string of the molecule is CCOC1CC(Nc2ccc(-c3nc(C)c(C)c(=O)[nH]3)cn2)C12CCC2. The Morgan fingerprint density at radius 2 is 2.15 bits per heavy atom. The van der Waals surface area contributed by atoms with Crippen LogP contribution in [0.2, 0.25) is 0 Å². The maximum Gasteiger partial charge on any atom is 0.254 e. The lowest BCUT2D eigenvalue weighted by Crippen LogP contribution is -2.64. The van der Waals surface area contributed by atoms with E-state index in [4.69, 9.17) is 4.74 Å². The van der Waals surface area contributed by atoms with E-state index in [0.717, 1.165) is 30.1 Å². The standard InChI is InChI=1S/C20H26N4O2/c1-4-26-16-10-15(20(16)8-5-9-20)23-17-7-6-14(11-21-17)18-22-13(3)12(2)19(25)24-18/h6-7,11,15-16H,4-5,8-10H2,1-3H3,(H,21,23)(H,22,24,25). The van der Waals surface area contributed by atoms with E-state index in [1.54, 1.807) is 13.1 Å². The fourth-order valence-corrected chi connectivity index (χ4v) is 4.22. The summed E-state index contributed by atoms with van der Waals surface area (Å²) < 4.78 is 5.91. The van der Waals surface area contributed by atoms with Crippen molar-refractivity contribution >= 4 is 5.82 Å². The molecule has 2 N–H and O–H groups in total. The smallest absolute Gasteiger partial charge is 0.254 e. The van der Waals surface area contributed by atoms with Crippen LogP contribution in [0, 0.1) is 19.3 Å². The van der Waals surface area contributed by atoms with Gasteiger partial charge in [0.2, 0.25) is 0 Å². The summed E-state index contributed by atoms with van der Waals surface area (Å²) in [6.07, 6.45) is 6.97. The van der Waals surface area contributed by atoms with Gasteiger partial charge in [0.05, 0.1) is 6.10 Å². The molecule has 2 aromatic heterocycles. The number of H-pyrrole nitrogens is 1. The highest BCUT2D eigenvalue weighted by atomic mass is 16.5. The van der Waals surface area contributed by atoms with Gasteiger partial charge in [-0.1, -0.05) is 6.42 Å². The molecule has 4 rings (SSSR count). The van der Waals surface area contributed by atoms with Gasteiger partial charge in [0.15, 0.2) is 0 Å². The summed E-state index contributed by atoms with van der Waals surface area (Å²) in [5, 5.41) is 3.59. The predicted molar refractivity (Wildman–Crippen MR) is 101 cm³/mol. The molecule has 2 aliphatic rings. The van der Waals surface area contributed by atoms with Crippen molar-refractivity contribution < 1.29 is 4.74 Å². The first-order valence-corrected chi connectivity index (χ1v) is 9.45. The molecule has 6 nitrogen and oxygen atoms in total. The third kappa shape index (κ3) is 2.72. The summed E-state index contributed by atoms with van der Waals surface area (Å²) in [6.45, 7) is 6.48. The number of hydrogen-bond acceptors (Lipinski definition) is 5. The van der Waals surface area contributed by atoms with Crippen LogP contribution in [0.1, 0.15) is 43.9 Å². The second-order valence-electron chi connectivity index (χ2n) is 7.52. The zero-order chi connectivity index (χ0) is 18.3. The van der Waals surface area contributed by atoms with E-state index in [-0.39, 0.29) is 5.56 Å². The maximum atomic E-state index is 11.9. The lowest BCUT2D eigenvalue weighted by Gasteiger charge is -2.61. The Balaban J connectivity index is 1.48. The molecule has 0 saturated heterocycles. The molecule has 0 bridgehead atoms. The van der Waals surface area contributed by atoms with Gasteiger partial charge < -0.3 is 15.0 Å². The van der Waals surface area contributed by atoms with Crippen LogP contribution < -0.4 is 10.9 Å². The van der Waals surface area contributed by atoms with Crippen molar-refractivity contribution in [2.75, 3.05) is 11.9 Å². The van der Waals surface area contributed by atoms with Crippen molar-refractivity contribution in [3.05, 3.63) is 39.9 Å². The molecule has 2 unspecified atom stereocenters. The highest BCUT2D eigenvalue weighted by molar-refractivity contribution is 5.56. The summed E-state index contributed by atoms with van der Waals surface area (Å²) >= 11 is 0. The third-order valence-electron chi connectivity index (χ3n) is 6.19. The number of aromatic amines is 1. The van der Waals surface area contributed by atoms with Crippen LogP contribution in [-0.4, -0.2) is 33.7 Å². The monoisotopic (exact) mass is 354 g/mol. The van der Waals surface area contributed by atoms with E-state index < -0.39 is 0 Å². The van der Waals surface area contributed by atoms with E-state index in [0.29, 0.717) is 28.9 Å². The molecule has 2 atom stereocenters. The molecular weight excluding hydrogens is 328 g/mol. The fraction of sp³-hybridized carbons (Fsp3) is 0.550. The highest BCUT2D eigenvalue weighted by Crippen LogP contribution is 2.58. The number of nitrogens with zero attached hydrogens (tertiary/aromatic N) is 2. The highest BCUT2D eigenvalue weighted by Gasteiger charge is 2.58. The summed E-state index contributed by atoms with van der Waals surface area (Å²) in [6, 6.07) is 4.35. The first-order valence-electron chi connectivity index (χ1n) is 9.45. The average Bonchev–Trinajstić information content (AvgIpc) is 2.57. The molecule has 2 aromatic rings. The molecule has 1 spiro atoms. The van der Waals surface area contributed by atoms with Gasteiger partial charge in [-0.2, -0.15) is 0 Å². The Morgan fingerprint density at radius 1 is 1.35 bits per heavy atom. The molecular formula is C20H26N4O2. The minimum absolute atomic E-state index is 0.0990. The number of pyridine rings is 1. The van der Waals surface area contributed by atoms with Crippen LogP contribution in [0.15, 0.2) is 23.1 Å². The maximum absolute atomic E-state index is 11.9. The second-order valence-corrected chi connectivity index (χ2v) is 7.52. The zero-order valence-electron chi connectivity index (χ0n) is 15.6. The number of anilines is 1. The van der Waals surface area contributed by atoms with E-state index in [1.807, 2.05) is 19.1 Å². The minimum atomic E-state index is -0.0990. The van der Waals surface area contributed by atoms with E-state index in [1.165, 1.54) is 19.3 Å². The molecule has 2 fully saturated rings. The van der Waals surface area contributed by atoms with Crippen LogP contribution in [0.4, 0.5) is 5.82 Å². The second kappa shape index (κ2) is 6.50. The summed E-state index contributed by atoms with van der Waals surface area (Å²) in [7, 11) is 0. The first-order chi connectivity index (χ1) is 12.5. The Labute approximate surface area is 153 Å². The van der Waals surface area contributed by atoms with Gasteiger partial charge in [-0.25, -0.2) is 9.97 Å². The van der Waals surface area contributed by atoms with Gasteiger partial charge in [0.25, 0.3) is 5.56 Å². The molecule has 0 aliphatic heterocycles. The minimum Gasteiger partial charge on any atom is -0.378 e. The van der Waals surface area contributed by atoms with Gasteiger partial charge in [0.1, 0.15) is 11.6 Å². The number of ether oxygens (including phenoxy) is 1. The van der Waals surface area contributed by atoms with E-state index in [2.05, 4.69) is 27.2 Å². The van der Waals surface area contributed by atoms with Crippen LogP contribution >= 0.6 is 0 Å². The lowest BCUT2D eigenvalue weighted by atomic mass is 9.51. The molecule has 138 valence electrons. The summed E-state index contributed by atoms with van der Waals surface area (Å²) in [5.74, 6) is 1.43. The predicted octanol–water partition coefficient (Wildman–Crippen LogP) is 3.21. The van der Waals surface area contributed by atoms with Gasteiger partial charge in [0, 0.05) is 41.1 Å². The number of hydrogen-bond donors (Lipinski definition) is 2. The molecule has 0 amide bonds. The van der Waals surface area contributed by atoms with Gasteiger partial charge >= 0.3 is 0 Å². The van der Waals surface area contributed by atoms with Crippen LogP contribution in [-0.2, 0) is 4.74 Å². The Morgan fingerprint density at radius 3 is 2.73 bits per heavy atom. The van der Waals surface area contributed by atoms with Crippen LogP contribution in [0.25, 0.3) is 11.4 Å². The molecule has 2 saturated carbocycles. The van der Waals surface area contributed by atoms with Crippen molar-refractivity contribution in [1.29, 1.82) is 0 Å². The van der Waals surface area contributed by atoms with Crippen LogP contribution in [0.3, 0.4) is 0 Å². The largest absolute Gasteiger partial charge is 0.378 e. The molecule has 2 aliphatic carbocycles. The van der Waals surface area contributed by atoms with Crippen molar-refractivity contribution in [2.45, 2.75) is 58.6 Å². The number of aromatic nitrogens is 3. The topological polar surface area (TPSA) is 79.9 Å². The number of rotatable bonds is 5. The van der Waals surface area contributed by atoms with Gasteiger partial charge in [-0.3, -0.25) is 4.79 Å². The lowest BCUT2D eigenvalue weighted by molar-refractivity contribution is -0.157. The first kappa shape index (κ1) is 17.2. The van der Waals surface area contributed by atoms with E-state index in [9.17, 15) is 4.79 Å². The molecule has 2 heterocycles. The molecule has 0 radical (unpaired) electrons. The van der Waals surface area contributed by atoms with E-state index >= 15 is 0 Å². The fourth-order valence-electron chi connectivity index (χ4n) is 4.22. The summed E-state index contributed by atoms with van der Waals surface area (Å²) in [4.78, 5) is 23.8. The molecule has 0 aromatic carbocycles. The zero-order valence-corrected chi connectivity index (χ0v) is 15.6. The van der Waals surface area contributed by atoms with Crippen molar-refractivity contribution in [3.63, 3.8) is 0 Å². The Bertz CT molecular complexity index is 855. The molecule has 6 heteroatoms.